The van der Waals surface area contributed by atoms with Crippen molar-refractivity contribution in [1.29, 1.82) is 0 Å². The Bertz CT molecular complexity index is 452. The van der Waals surface area contributed by atoms with Gasteiger partial charge in [-0.15, -0.1) is 0 Å². The van der Waals surface area contributed by atoms with Crippen LogP contribution in [0, 0.1) is 5.41 Å². The number of anilines is 1. The molecule has 4 heteroatoms. The van der Waals surface area contributed by atoms with E-state index in [1.807, 2.05) is 11.0 Å². The lowest BCUT2D eigenvalue weighted by Gasteiger charge is -2.26. The molecule has 0 bridgehead atoms. The van der Waals surface area contributed by atoms with Gasteiger partial charge >= 0.3 is 0 Å². The molecule has 0 N–H and O–H groups in total. The van der Waals surface area contributed by atoms with Crippen LogP contribution in [0.25, 0.3) is 0 Å². The molecule has 4 nitrogen and oxygen atoms in total. The van der Waals surface area contributed by atoms with Crippen LogP contribution >= 0.6 is 0 Å². The normalized spacial score (nSPS) is 11.5. The minimum absolute atomic E-state index is 0.0131. The monoisotopic (exact) mass is 291 g/mol. The Morgan fingerprint density at radius 3 is 2.52 bits per heavy atom. The molecule has 0 atom stereocenters. The molecule has 0 aliphatic carbocycles. The third kappa shape index (κ3) is 6.23. The van der Waals surface area contributed by atoms with E-state index in [2.05, 4.69) is 44.6 Å². The molecule has 0 saturated carbocycles. The van der Waals surface area contributed by atoms with Gasteiger partial charge in [-0.1, -0.05) is 41.0 Å². The molecule has 0 aliphatic rings. The van der Waals surface area contributed by atoms with Gasteiger partial charge in [-0.2, -0.15) is 0 Å². The summed E-state index contributed by atoms with van der Waals surface area (Å²) in [5.41, 5.74) is -0.0131. The Morgan fingerprint density at radius 2 is 1.95 bits per heavy atom. The number of aryl methyl sites for hydroxylation is 1. The fraction of sp³-hybridized carbons (Fsp3) is 0.706. The van der Waals surface area contributed by atoms with Crippen LogP contribution in [-0.4, -0.2) is 22.4 Å². The standard InChI is InChI=1S/C17H29N3O/c1-6-8-12-20(16(21)13-17(3,4)5)15-10-11-18-14(19-15)9-7-2/h10-11H,6-9,12-13H2,1-5H3. The average Bonchev–Trinajstić information content (AvgIpc) is 2.38. The second kappa shape index (κ2) is 8.11. The van der Waals surface area contributed by atoms with E-state index in [-0.39, 0.29) is 11.3 Å². The number of rotatable bonds is 7. The summed E-state index contributed by atoms with van der Waals surface area (Å²) in [4.78, 5) is 23.3. The first-order chi connectivity index (χ1) is 9.87. The van der Waals surface area contributed by atoms with E-state index in [0.29, 0.717) is 6.42 Å². The van der Waals surface area contributed by atoms with Gasteiger partial charge in [0.15, 0.2) is 0 Å². The van der Waals surface area contributed by atoms with Crippen LogP contribution in [0.3, 0.4) is 0 Å². The van der Waals surface area contributed by atoms with Crippen LogP contribution in [0.15, 0.2) is 12.3 Å². The lowest BCUT2D eigenvalue weighted by molar-refractivity contribution is -0.120. The Hall–Kier alpha value is -1.45. The fourth-order valence-electron chi connectivity index (χ4n) is 2.12. The van der Waals surface area contributed by atoms with Crippen LogP contribution in [0.2, 0.25) is 0 Å². The topological polar surface area (TPSA) is 46.1 Å². The average molecular weight is 291 g/mol. The fourth-order valence-corrected chi connectivity index (χ4v) is 2.12. The van der Waals surface area contributed by atoms with E-state index >= 15 is 0 Å². The number of hydrogen-bond donors (Lipinski definition) is 0. The van der Waals surface area contributed by atoms with Crippen molar-refractivity contribution in [2.45, 2.75) is 66.7 Å². The summed E-state index contributed by atoms with van der Waals surface area (Å²) in [7, 11) is 0. The van der Waals surface area contributed by atoms with Crippen molar-refractivity contribution < 1.29 is 4.79 Å². The second-order valence-corrected chi connectivity index (χ2v) is 6.72. The lowest BCUT2D eigenvalue weighted by Crippen LogP contribution is -2.35. The molecule has 0 radical (unpaired) electrons. The van der Waals surface area contributed by atoms with E-state index in [1.165, 1.54) is 0 Å². The summed E-state index contributed by atoms with van der Waals surface area (Å²) in [6.45, 7) is 11.2. The van der Waals surface area contributed by atoms with E-state index in [4.69, 9.17) is 0 Å². The van der Waals surface area contributed by atoms with Crippen molar-refractivity contribution in [3.8, 4) is 0 Å². The SMILES string of the molecule is CCCCN(C(=O)CC(C)(C)C)c1ccnc(CCC)n1. The molecule has 0 unspecified atom stereocenters. The van der Waals surface area contributed by atoms with Crippen molar-refractivity contribution in [3.05, 3.63) is 18.1 Å². The summed E-state index contributed by atoms with van der Waals surface area (Å²) in [5.74, 6) is 1.72. The van der Waals surface area contributed by atoms with Crippen LogP contribution < -0.4 is 4.90 Å². The molecular weight excluding hydrogens is 262 g/mol. The smallest absolute Gasteiger partial charge is 0.228 e. The van der Waals surface area contributed by atoms with Crippen molar-refractivity contribution in [1.82, 2.24) is 9.97 Å². The molecule has 21 heavy (non-hydrogen) atoms. The van der Waals surface area contributed by atoms with Gasteiger partial charge in [0.05, 0.1) is 0 Å². The van der Waals surface area contributed by atoms with Gasteiger partial charge in [-0.05, 0) is 24.3 Å². The van der Waals surface area contributed by atoms with E-state index < -0.39 is 0 Å². The molecule has 1 aromatic rings. The summed E-state index contributed by atoms with van der Waals surface area (Å²) >= 11 is 0. The van der Waals surface area contributed by atoms with Gasteiger partial charge in [0, 0.05) is 25.6 Å². The number of hydrogen-bond acceptors (Lipinski definition) is 3. The highest BCUT2D eigenvalue weighted by Crippen LogP contribution is 2.22. The van der Waals surface area contributed by atoms with Crippen LogP contribution in [0.4, 0.5) is 5.82 Å². The van der Waals surface area contributed by atoms with E-state index in [1.54, 1.807) is 6.20 Å². The molecule has 0 aliphatic heterocycles. The number of aromatic nitrogens is 2. The number of carbonyl (C=O) groups is 1. The minimum atomic E-state index is -0.0131. The Balaban J connectivity index is 2.95. The molecule has 1 aromatic heterocycles. The maximum absolute atomic E-state index is 12.6. The van der Waals surface area contributed by atoms with Crippen molar-refractivity contribution in [2.24, 2.45) is 5.41 Å². The molecular formula is C17H29N3O. The quantitative estimate of drug-likeness (QED) is 0.763. The van der Waals surface area contributed by atoms with E-state index in [0.717, 1.165) is 43.9 Å². The zero-order valence-corrected chi connectivity index (χ0v) is 14.1. The van der Waals surface area contributed by atoms with Crippen LogP contribution in [0.5, 0.6) is 0 Å². The summed E-state index contributed by atoms with van der Waals surface area (Å²) < 4.78 is 0. The molecule has 1 amide bonds. The largest absolute Gasteiger partial charge is 0.297 e. The highest BCUT2D eigenvalue weighted by Gasteiger charge is 2.23. The van der Waals surface area contributed by atoms with Gasteiger partial charge in [0.25, 0.3) is 0 Å². The second-order valence-electron chi connectivity index (χ2n) is 6.72. The molecule has 118 valence electrons. The Labute approximate surface area is 129 Å². The summed E-state index contributed by atoms with van der Waals surface area (Å²) in [5, 5.41) is 0. The first-order valence-corrected chi connectivity index (χ1v) is 7.99. The highest BCUT2D eigenvalue weighted by molar-refractivity contribution is 5.92. The van der Waals surface area contributed by atoms with Crippen LogP contribution in [0.1, 0.15) is 66.1 Å². The lowest BCUT2D eigenvalue weighted by atomic mass is 9.91. The zero-order valence-electron chi connectivity index (χ0n) is 14.1. The first-order valence-electron chi connectivity index (χ1n) is 7.99. The molecule has 0 aromatic carbocycles. The number of amides is 1. The predicted octanol–water partition coefficient (Wildman–Crippen LogP) is 4.00. The third-order valence-electron chi connectivity index (χ3n) is 3.16. The molecule has 1 heterocycles. The number of carbonyl (C=O) groups excluding carboxylic acids is 1. The van der Waals surface area contributed by atoms with Crippen molar-refractivity contribution in [2.75, 3.05) is 11.4 Å². The number of unbranched alkanes of at least 4 members (excludes halogenated alkanes) is 1. The zero-order chi connectivity index (χ0) is 15.9. The maximum atomic E-state index is 12.6. The van der Waals surface area contributed by atoms with Crippen LogP contribution in [-0.2, 0) is 11.2 Å². The summed E-state index contributed by atoms with van der Waals surface area (Å²) in [6.07, 6.45) is 6.20. The third-order valence-corrected chi connectivity index (χ3v) is 3.16. The minimum Gasteiger partial charge on any atom is -0.297 e. The molecule has 0 saturated heterocycles. The van der Waals surface area contributed by atoms with Gasteiger partial charge in [0.2, 0.25) is 5.91 Å². The van der Waals surface area contributed by atoms with Crippen molar-refractivity contribution in [3.63, 3.8) is 0 Å². The van der Waals surface area contributed by atoms with Gasteiger partial charge in [-0.25, -0.2) is 9.97 Å². The van der Waals surface area contributed by atoms with E-state index in [9.17, 15) is 4.79 Å². The Kier molecular flexibility index (Phi) is 6.79. The molecule has 0 fully saturated rings. The molecule has 1 rings (SSSR count). The number of nitrogens with zero attached hydrogens (tertiary/aromatic N) is 3. The van der Waals surface area contributed by atoms with Gasteiger partial charge < -0.3 is 0 Å². The predicted molar refractivity (Wildman–Crippen MR) is 87.4 cm³/mol. The maximum Gasteiger partial charge on any atom is 0.228 e. The first kappa shape index (κ1) is 17.6. The Morgan fingerprint density at radius 1 is 1.24 bits per heavy atom. The molecule has 0 spiro atoms. The van der Waals surface area contributed by atoms with Gasteiger partial charge in [-0.3, -0.25) is 9.69 Å². The van der Waals surface area contributed by atoms with Crippen molar-refractivity contribution >= 4 is 11.7 Å². The summed E-state index contributed by atoms with van der Waals surface area (Å²) in [6, 6.07) is 1.84. The van der Waals surface area contributed by atoms with Gasteiger partial charge in [0.1, 0.15) is 11.6 Å². The highest BCUT2D eigenvalue weighted by atomic mass is 16.2.